The quantitative estimate of drug-likeness (QED) is 0.806. The Morgan fingerprint density at radius 1 is 1.05 bits per heavy atom. The zero-order chi connectivity index (χ0) is 15.4. The third-order valence-corrected chi connectivity index (χ3v) is 2.87. The first-order chi connectivity index (χ1) is 9.95. The lowest BCUT2D eigenvalue weighted by Gasteiger charge is -2.09. The average Bonchev–Trinajstić information content (AvgIpc) is 2.40. The second kappa shape index (κ2) is 6.23. The Kier molecular flexibility index (Phi) is 4.39. The van der Waals surface area contributed by atoms with E-state index in [1.54, 1.807) is 0 Å². The Bertz CT molecular complexity index is 706. The van der Waals surface area contributed by atoms with E-state index in [4.69, 9.17) is 16.7 Å². The van der Waals surface area contributed by atoms with Crippen LogP contribution in [0.4, 0.5) is 20.6 Å². The van der Waals surface area contributed by atoms with Gasteiger partial charge in [-0.1, -0.05) is 17.7 Å². The van der Waals surface area contributed by atoms with Gasteiger partial charge in [0.15, 0.2) is 0 Å². The van der Waals surface area contributed by atoms with Crippen molar-refractivity contribution in [1.82, 2.24) is 0 Å². The fourth-order valence-electron chi connectivity index (χ4n) is 1.63. The number of hydrogen-bond acceptors (Lipinski definition) is 2. The SMILES string of the molecule is O=C(Nc1cccc(F)c1)Nc1ccc(Cl)c(C(=O)O)c1. The number of benzene rings is 2. The fraction of sp³-hybridized carbons (Fsp3) is 0. The number of halogens is 2. The maximum Gasteiger partial charge on any atom is 0.337 e. The summed E-state index contributed by atoms with van der Waals surface area (Å²) in [5.41, 5.74) is 0.408. The molecule has 0 saturated heterocycles. The molecule has 0 atom stereocenters. The molecule has 0 aliphatic carbocycles. The molecule has 0 aliphatic heterocycles. The highest BCUT2D eigenvalue weighted by molar-refractivity contribution is 6.33. The van der Waals surface area contributed by atoms with Crippen LogP contribution in [0.25, 0.3) is 0 Å². The summed E-state index contributed by atoms with van der Waals surface area (Å²) in [6, 6.07) is 8.81. The summed E-state index contributed by atoms with van der Waals surface area (Å²) in [5.74, 6) is -1.68. The van der Waals surface area contributed by atoms with Gasteiger partial charge in [0.05, 0.1) is 10.6 Å². The number of anilines is 2. The molecule has 108 valence electrons. The smallest absolute Gasteiger partial charge is 0.337 e. The minimum Gasteiger partial charge on any atom is -0.478 e. The molecule has 0 bridgehead atoms. The van der Waals surface area contributed by atoms with Crippen molar-refractivity contribution < 1.29 is 19.1 Å². The highest BCUT2D eigenvalue weighted by atomic mass is 35.5. The van der Waals surface area contributed by atoms with Gasteiger partial charge in [-0.25, -0.2) is 14.0 Å². The number of urea groups is 1. The molecule has 21 heavy (non-hydrogen) atoms. The van der Waals surface area contributed by atoms with Crippen molar-refractivity contribution in [3.05, 3.63) is 58.9 Å². The minimum absolute atomic E-state index is 0.0681. The Hall–Kier alpha value is -2.60. The molecule has 2 rings (SSSR count). The van der Waals surface area contributed by atoms with Crippen molar-refractivity contribution in [1.29, 1.82) is 0 Å². The van der Waals surface area contributed by atoms with E-state index in [1.165, 1.54) is 36.4 Å². The van der Waals surface area contributed by atoms with Gasteiger partial charge in [0.2, 0.25) is 0 Å². The van der Waals surface area contributed by atoms with Gasteiger partial charge in [0.25, 0.3) is 0 Å². The number of rotatable bonds is 3. The van der Waals surface area contributed by atoms with Crippen LogP contribution >= 0.6 is 11.6 Å². The summed E-state index contributed by atoms with van der Waals surface area (Å²) >= 11 is 5.72. The highest BCUT2D eigenvalue weighted by Crippen LogP contribution is 2.21. The van der Waals surface area contributed by atoms with Gasteiger partial charge in [0.1, 0.15) is 5.82 Å². The number of hydrogen-bond donors (Lipinski definition) is 3. The van der Waals surface area contributed by atoms with Gasteiger partial charge in [-0.3, -0.25) is 0 Å². The summed E-state index contributed by atoms with van der Waals surface area (Å²) < 4.78 is 13.0. The predicted molar refractivity (Wildman–Crippen MR) is 77.5 cm³/mol. The molecule has 0 fully saturated rings. The van der Waals surface area contributed by atoms with Gasteiger partial charge in [-0.05, 0) is 36.4 Å². The molecular formula is C14H10ClFN2O3. The summed E-state index contributed by atoms with van der Waals surface area (Å²) in [4.78, 5) is 22.7. The number of aromatic carboxylic acids is 1. The van der Waals surface area contributed by atoms with E-state index in [-0.39, 0.29) is 22.0 Å². The lowest BCUT2D eigenvalue weighted by Crippen LogP contribution is -2.19. The molecule has 5 nitrogen and oxygen atoms in total. The lowest BCUT2D eigenvalue weighted by atomic mass is 10.2. The van der Waals surface area contributed by atoms with Crippen molar-refractivity contribution >= 4 is 35.0 Å². The zero-order valence-electron chi connectivity index (χ0n) is 10.6. The molecule has 0 radical (unpaired) electrons. The molecule has 0 aromatic heterocycles. The zero-order valence-corrected chi connectivity index (χ0v) is 11.3. The Labute approximate surface area is 124 Å². The van der Waals surface area contributed by atoms with Crippen molar-refractivity contribution in [3.63, 3.8) is 0 Å². The molecule has 7 heteroatoms. The largest absolute Gasteiger partial charge is 0.478 e. The third-order valence-electron chi connectivity index (χ3n) is 2.54. The molecule has 2 aromatic rings. The standard InChI is InChI=1S/C14H10ClFN2O3/c15-12-5-4-10(7-11(12)13(19)20)18-14(21)17-9-3-1-2-8(16)6-9/h1-7H,(H,19,20)(H2,17,18,21). The third kappa shape index (κ3) is 3.93. The van der Waals surface area contributed by atoms with Crippen LogP contribution in [-0.4, -0.2) is 17.1 Å². The first-order valence-electron chi connectivity index (χ1n) is 5.82. The number of carboxylic acid groups (broad SMARTS) is 1. The van der Waals surface area contributed by atoms with Gasteiger partial charge in [-0.15, -0.1) is 0 Å². The summed E-state index contributed by atoms with van der Waals surface area (Å²) in [6.45, 7) is 0. The molecule has 0 aliphatic rings. The molecule has 0 heterocycles. The van der Waals surface area contributed by atoms with E-state index in [0.29, 0.717) is 0 Å². The van der Waals surface area contributed by atoms with E-state index in [1.807, 2.05) is 0 Å². The van der Waals surface area contributed by atoms with Crippen molar-refractivity contribution in [2.24, 2.45) is 0 Å². The van der Waals surface area contributed by atoms with E-state index in [2.05, 4.69) is 10.6 Å². The average molecular weight is 309 g/mol. The Morgan fingerprint density at radius 2 is 1.71 bits per heavy atom. The number of nitrogens with one attached hydrogen (secondary N) is 2. The number of carboxylic acids is 1. The van der Waals surface area contributed by atoms with Crippen LogP contribution < -0.4 is 10.6 Å². The first-order valence-corrected chi connectivity index (χ1v) is 6.20. The molecular weight excluding hydrogens is 299 g/mol. The molecule has 3 N–H and O–H groups in total. The normalized spacial score (nSPS) is 10.0. The van der Waals surface area contributed by atoms with Crippen molar-refractivity contribution in [3.8, 4) is 0 Å². The summed E-state index contributed by atoms with van der Waals surface area (Å²) in [6.07, 6.45) is 0. The lowest BCUT2D eigenvalue weighted by molar-refractivity contribution is 0.0697. The van der Waals surface area contributed by atoms with Gasteiger partial charge >= 0.3 is 12.0 Å². The maximum atomic E-state index is 13.0. The van der Waals surface area contributed by atoms with E-state index < -0.39 is 17.8 Å². The summed E-state index contributed by atoms with van der Waals surface area (Å²) in [5, 5.41) is 13.9. The first kappa shape index (κ1) is 14.8. The second-order valence-corrected chi connectivity index (χ2v) is 4.50. The van der Waals surface area contributed by atoms with Crippen LogP contribution in [0.15, 0.2) is 42.5 Å². The van der Waals surface area contributed by atoms with E-state index in [0.717, 1.165) is 6.07 Å². The number of carbonyl (C=O) groups excluding carboxylic acids is 1. The van der Waals surface area contributed by atoms with Crippen LogP contribution in [0.3, 0.4) is 0 Å². The fourth-order valence-corrected chi connectivity index (χ4v) is 1.82. The van der Waals surface area contributed by atoms with Gasteiger partial charge < -0.3 is 15.7 Å². The topological polar surface area (TPSA) is 78.4 Å². The highest BCUT2D eigenvalue weighted by Gasteiger charge is 2.11. The van der Waals surface area contributed by atoms with Crippen LogP contribution in [0.1, 0.15) is 10.4 Å². The molecule has 0 saturated carbocycles. The van der Waals surface area contributed by atoms with Crippen LogP contribution in [0, 0.1) is 5.82 Å². The Morgan fingerprint density at radius 3 is 2.33 bits per heavy atom. The maximum absolute atomic E-state index is 13.0. The van der Waals surface area contributed by atoms with Crippen molar-refractivity contribution in [2.45, 2.75) is 0 Å². The Balaban J connectivity index is 2.09. The van der Waals surface area contributed by atoms with E-state index in [9.17, 15) is 14.0 Å². The molecule has 2 aromatic carbocycles. The molecule has 2 amide bonds. The van der Waals surface area contributed by atoms with E-state index >= 15 is 0 Å². The van der Waals surface area contributed by atoms with Gasteiger partial charge in [-0.2, -0.15) is 0 Å². The molecule has 0 unspecified atom stereocenters. The van der Waals surface area contributed by atoms with Gasteiger partial charge in [0, 0.05) is 11.4 Å². The minimum atomic E-state index is -1.20. The molecule has 0 spiro atoms. The second-order valence-electron chi connectivity index (χ2n) is 4.09. The van der Waals surface area contributed by atoms with Crippen molar-refractivity contribution in [2.75, 3.05) is 10.6 Å². The number of carbonyl (C=O) groups is 2. The van der Waals surface area contributed by atoms with Crippen LogP contribution in [0.5, 0.6) is 0 Å². The van der Waals surface area contributed by atoms with Crippen LogP contribution in [0.2, 0.25) is 5.02 Å². The van der Waals surface area contributed by atoms with Crippen LogP contribution in [-0.2, 0) is 0 Å². The number of amides is 2. The summed E-state index contributed by atoms with van der Waals surface area (Å²) in [7, 11) is 0. The monoisotopic (exact) mass is 308 g/mol. The predicted octanol–water partition coefficient (Wildman–Crippen LogP) is 3.82.